The average Bonchev–Trinajstić information content (AvgIpc) is 2.43. The molecule has 0 aliphatic heterocycles. The minimum absolute atomic E-state index is 0.0214. The number of hydrogen-bond donors (Lipinski definition) is 0. The van der Waals surface area contributed by atoms with Crippen LogP contribution in [0.25, 0.3) is 0 Å². The Bertz CT molecular complexity index is 659. The van der Waals surface area contributed by atoms with Gasteiger partial charge in [0.25, 0.3) is 0 Å². The highest BCUT2D eigenvalue weighted by atomic mass is 35.5. The largest absolute Gasteiger partial charge is 0.434 e. The van der Waals surface area contributed by atoms with Crippen LogP contribution in [0.2, 0.25) is 5.02 Å². The van der Waals surface area contributed by atoms with Gasteiger partial charge in [0.15, 0.2) is 5.78 Å². The third-order valence-corrected chi connectivity index (χ3v) is 3.06. The van der Waals surface area contributed by atoms with E-state index in [1.807, 2.05) is 0 Å². The van der Waals surface area contributed by atoms with Gasteiger partial charge in [-0.25, -0.2) is 4.39 Å². The van der Waals surface area contributed by atoms with Crippen LogP contribution in [0.3, 0.4) is 0 Å². The van der Waals surface area contributed by atoms with Crippen molar-refractivity contribution in [3.63, 3.8) is 0 Å². The number of para-hydroxylation sites is 1. The molecule has 2 rings (SSSR count). The minimum Gasteiger partial charge on any atom is -0.434 e. The molecule has 0 aromatic heterocycles. The van der Waals surface area contributed by atoms with Gasteiger partial charge in [-0.15, -0.1) is 0 Å². The van der Waals surface area contributed by atoms with Gasteiger partial charge >= 0.3 is 6.61 Å². The van der Waals surface area contributed by atoms with Gasteiger partial charge in [-0.1, -0.05) is 29.8 Å². The smallest absolute Gasteiger partial charge is 0.387 e. The van der Waals surface area contributed by atoms with Crippen LogP contribution in [0.15, 0.2) is 42.5 Å². The van der Waals surface area contributed by atoms with E-state index in [9.17, 15) is 18.0 Å². The standard InChI is InChI=1S/C15H10ClF3O2/c16-11-6-5-9(7-12(11)17)8-13(20)10-3-1-2-4-14(10)21-15(18)19/h1-7,15H,8H2. The van der Waals surface area contributed by atoms with E-state index in [0.717, 1.165) is 6.07 Å². The van der Waals surface area contributed by atoms with Gasteiger partial charge in [0.05, 0.1) is 10.6 Å². The Morgan fingerprint density at radius 1 is 1.19 bits per heavy atom. The summed E-state index contributed by atoms with van der Waals surface area (Å²) in [5, 5.41) is -0.0485. The monoisotopic (exact) mass is 314 g/mol. The molecule has 0 unspecified atom stereocenters. The van der Waals surface area contributed by atoms with Crippen LogP contribution >= 0.6 is 11.6 Å². The predicted molar refractivity (Wildman–Crippen MR) is 72.5 cm³/mol. The number of carbonyl (C=O) groups is 1. The first kappa shape index (κ1) is 15.4. The summed E-state index contributed by atoms with van der Waals surface area (Å²) in [6.45, 7) is -3.02. The van der Waals surface area contributed by atoms with Gasteiger partial charge in [-0.2, -0.15) is 8.78 Å². The number of halogens is 4. The molecule has 2 nitrogen and oxygen atoms in total. The topological polar surface area (TPSA) is 26.3 Å². The molecule has 0 fully saturated rings. The molecule has 0 N–H and O–H groups in total. The Labute approximate surface area is 124 Å². The number of benzene rings is 2. The first-order chi connectivity index (χ1) is 9.97. The summed E-state index contributed by atoms with van der Waals surface area (Å²) in [4.78, 5) is 12.1. The first-order valence-corrected chi connectivity index (χ1v) is 6.36. The number of ketones is 1. The van der Waals surface area contributed by atoms with Crippen LogP contribution in [0.1, 0.15) is 15.9 Å². The fourth-order valence-electron chi connectivity index (χ4n) is 1.83. The summed E-state index contributed by atoms with van der Waals surface area (Å²) in [6.07, 6.45) is -0.141. The number of hydrogen-bond acceptors (Lipinski definition) is 2. The fraction of sp³-hybridized carbons (Fsp3) is 0.133. The molecular formula is C15H10ClF3O2. The summed E-state index contributed by atoms with van der Waals surface area (Å²) < 4.78 is 42.2. The Morgan fingerprint density at radius 2 is 1.90 bits per heavy atom. The lowest BCUT2D eigenvalue weighted by Crippen LogP contribution is -2.10. The number of Topliss-reactive ketones (excluding diaryl/α,β-unsaturated/α-hetero) is 1. The second-order valence-electron chi connectivity index (χ2n) is 4.22. The molecule has 0 heterocycles. The van der Waals surface area contributed by atoms with Crippen LogP contribution in [-0.4, -0.2) is 12.4 Å². The molecule has 2 aromatic rings. The van der Waals surface area contributed by atoms with E-state index in [2.05, 4.69) is 4.74 Å². The van der Waals surface area contributed by atoms with E-state index < -0.39 is 18.2 Å². The maximum Gasteiger partial charge on any atom is 0.387 e. The minimum atomic E-state index is -3.02. The SMILES string of the molecule is O=C(Cc1ccc(Cl)c(F)c1)c1ccccc1OC(F)F. The summed E-state index contributed by atoms with van der Waals surface area (Å²) in [5.74, 6) is -1.29. The van der Waals surface area contributed by atoms with Crippen molar-refractivity contribution in [1.82, 2.24) is 0 Å². The summed E-state index contributed by atoms with van der Waals surface area (Å²) >= 11 is 5.55. The van der Waals surface area contributed by atoms with Gasteiger partial charge in [-0.05, 0) is 29.8 Å². The number of rotatable bonds is 5. The van der Waals surface area contributed by atoms with Gasteiger partial charge in [-0.3, -0.25) is 4.79 Å². The Hall–Kier alpha value is -2.01. The lowest BCUT2D eigenvalue weighted by atomic mass is 10.0. The Balaban J connectivity index is 2.22. The molecule has 0 atom stereocenters. The van der Waals surface area contributed by atoms with Crippen molar-refractivity contribution in [2.24, 2.45) is 0 Å². The van der Waals surface area contributed by atoms with Crippen molar-refractivity contribution < 1.29 is 22.7 Å². The highest BCUT2D eigenvalue weighted by Gasteiger charge is 2.16. The van der Waals surface area contributed by atoms with Crippen LogP contribution in [0, 0.1) is 5.82 Å². The van der Waals surface area contributed by atoms with Crippen LogP contribution in [0.4, 0.5) is 13.2 Å². The number of alkyl halides is 2. The second kappa shape index (κ2) is 6.63. The van der Waals surface area contributed by atoms with Crippen molar-refractivity contribution in [2.75, 3.05) is 0 Å². The van der Waals surface area contributed by atoms with Gasteiger partial charge in [0.1, 0.15) is 11.6 Å². The maximum atomic E-state index is 13.3. The fourth-order valence-corrected chi connectivity index (χ4v) is 1.94. The molecule has 6 heteroatoms. The summed E-state index contributed by atoms with van der Waals surface area (Å²) in [7, 11) is 0. The highest BCUT2D eigenvalue weighted by molar-refractivity contribution is 6.30. The van der Waals surface area contributed by atoms with Gasteiger partial charge < -0.3 is 4.74 Å². The lowest BCUT2D eigenvalue weighted by molar-refractivity contribution is -0.0501. The van der Waals surface area contributed by atoms with E-state index in [-0.39, 0.29) is 22.8 Å². The molecule has 0 aliphatic carbocycles. The van der Waals surface area contributed by atoms with Gasteiger partial charge in [0.2, 0.25) is 0 Å². The molecular weight excluding hydrogens is 305 g/mol. The summed E-state index contributed by atoms with van der Waals surface area (Å²) in [5.41, 5.74) is 0.418. The molecule has 0 amide bonds. The average molecular weight is 315 g/mol. The van der Waals surface area contributed by atoms with E-state index in [1.165, 1.54) is 36.4 Å². The van der Waals surface area contributed by atoms with E-state index in [1.54, 1.807) is 0 Å². The quantitative estimate of drug-likeness (QED) is 0.759. The van der Waals surface area contributed by atoms with E-state index >= 15 is 0 Å². The number of ether oxygens (including phenoxy) is 1. The highest BCUT2D eigenvalue weighted by Crippen LogP contribution is 2.23. The van der Waals surface area contributed by atoms with Crippen molar-refractivity contribution in [3.8, 4) is 5.75 Å². The second-order valence-corrected chi connectivity index (χ2v) is 4.63. The molecule has 0 bridgehead atoms. The zero-order chi connectivity index (χ0) is 15.4. The Morgan fingerprint density at radius 3 is 2.57 bits per heavy atom. The van der Waals surface area contributed by atoms with E-state index in [4.69, 9.17) is 11.6 Å². The van der Waals surface area contributed by atoms with Crippen LogP contribution < -0.4 is 4.74 Å². The maximum absolute atomic E-state index is 13.3. The molecule has 0 aliphatic rings. The molecule has 0 radical (unpaired) electrons. The molecule has 21 heavy (non-hydrogen) atoms. The third-order valence-electron chi connectivity index (χ3n) is 2.75. The molecule has 0 saturated carbocycles. The molecule has 110 valence electrons. The summed E-state index contributed by atoms with van der Waals surface area (Å²) in [6, 6.07) is 9.65. The van der Waals surface area contributed by atoms with Crippen LogP contribution in [-0.2, 0) is 6.42 Å². The van der Waals surface area contributed by atoms with Crippen molar-refractivity contribution >= 4 is 17.4 Å². The zero-order valence-electron chi connectivity index (χ0n) is 10.7. The van der Waals surface area contributed by atoms with Gasteiger partial charge in [0, 0.05) is 6.42 Å². The zero-order valence-corrected chi connectivity index (χ0v) is 11.4. The van der Waals surface area contributed by atoms with E-state index in [0.29, 0.717) is 5.56 Å². The third kappa shape index (κ3) is 3.98. The Kier molecular flexibility index (Phi) is 4.85. The van der Waals surface area contributed by atoms with Crippen LogP contribution in [0.5, 0.6) is 5.75 Å². The molecule has 0 spiro atoms. The predicted octanol–water partition coefficient (Wildman–Crippen LogP) is 4.51. The van der Waals surface area contributed by atoms with Crippen molar-refractivity contribution in [2.45, 2.75) is 13.0 Å². The first-order valence-electron chi connectivity index (χ1n) is 5.98. The number of carbonyl (C=O) groups excluding carboxylic acids is 1. The molecule has 0 saturated heterocycles. The molecule has 2 aromatic carbocycles. The van der Waals surface area contributed by atoms with Crippen molar-refractivity contribution in [1.29, 1.82) is 0 Å². The normalized spacial score (nSPS) is 10.7. The van der Waals surface area contributed by atoms with Crippen molar-refractivity contribution in [3.05, 3.63) is 64.4 Å². The lowest BCUT2D eigenvalue weighted by Gasteiger charge is -2.09.